The van der Waals surface area contributed by atoms with Gasteiger partial charge in [0.25, 0.3) is 0 Å². The van der Waals surface area contributed by atoms with E-state index in [2.05, 4.69) is 28.2 Å². The highest BCUT2D eigenvalue weighted by Crippen LogP contribution is 2.20. The number of imidazole rings is 1. The number of hydrogen-bond donors (Lipinski definition) is 0. The third-order valence-electron chi connectivity index (χ3n) is 3.10. The predicted octanol–water partition coefficient (Wildman–Crippen LogP) is 2.32. The Labute approximate surface area is 89.3 Å². The molecule has 0 bridgehead atoms. The van der Waals surface area contributed by atoms with Gasteiger partial charge in [-0.1, -0.05) is 0 Å². The van der Waals surface area contributed by atoms with Crippen LogP contribution >= 0.6 is 0 Å². The molecule has 0 saturated carbocycles. The molecule has 1 aliphatic heterocycles. The molecule has 0 amide bonds. The van der Waals surface area contributed by atoms with E-state index in [0.717, 1.165) is 5.65 Å². The Kier molecular flexibility index (Phi) is 2.09. The molecule has 3 rings (SSSR count). The second-order valence-corrected chi connectivity index (χ2v) is 4.13. The fourth-order valence-electron chi connectivity index (χ4n) is 2.25. The molecule has 0 radical (unpaired) electrons. The summed E-state index contributed by atoms with van der Waals surface area (Å²) in [5, 5.41) is 0. The first-order valence-electron chi connectivity index (χ1n) is 5.61. The van der Waals surface area contributed by atoms with Gasteiger partial charge in [0, 0.05) is 43.4 Å². The van der Waals surface area contributed by atoms with Crippen LogP contribution in [0.5, 0.6) is 0 Å². The average Bonchev–Trinajstić information content (AvgIpc) is 2.77. The van der Waals surface area contributed by atoms with E-state index in [1.807, 2.05) is 16.8 Å². The summed E-state index contributed by atoms with van der Waals surface area (Å²) in [5.41, 5.74) is 2.35. The van der Waals surface area contributed by atoms with Crippen LogP contribution in [-0.4, -0.2) is 22.5 Å². The molecular formula is C12H15N3. The van der Waals surface area contributed by atoms with Crippen molar-refractivity contribution >= 4 is 11.3 Å². The van der Waals surface area contributed by atoms with Crippen LogP contribution in [-0.2, 0) is 0 Å². The number of anilines is 1. The molecule has 3 nitrogen and oxygen atoms in total. The Bertz CT molecular complexity index is 455. The molecule has 0 N–H and O–H groups in total. The lowest BCUT2D eigenvalue weighted by molar-refractivity contribution is 0.578. The fourth-order valence-corrected chi connectivity index (χ4v) is 2.25. The number of fused-ring (bicyclic) bond motifs is 1. The summed E-state index contributed by atoms with van der Waals surface area (Å²) in [6, 6.07) is 4.35. The molecule has 0 unspecified atom stereocenters. The molecule has 78 valence electrons. The van der Waals surface area contributed by atoms with E-state index in [1.54, 1.807) is 0 Å². The number of aromatic nitrogens is 2. The zero-order valence-corrected chi connectivity index (χ0v) is 8.76. The second-order valence-electron chi connectivity index (χ2n) is 4.13. The average molecular weight is 201 g/mol. The number of piperidine rings is 1. The van der Waals surface area contributed by atoms with Gasteiger partial charge in [0.2, 0.25) is 0 Å². The molecule has 15 heavy (non-hydrogen) atoms. The smallest absolute Gasteiger partial charge is 0.138 e. The van der Waals surface area contributed by atoms with Crippen molar-refractivity contribution in [3.63, 3.8) is 0 Å². The lowest BCUT2D eigenvalue weighted by atomic mass is 10.1. The molecule has 2 aromatic heterocycles. The molecular weight excluding hydrogens is 186 g/mol. The minimum Gasteiger partial charge on any atom is -0.371 e. The minimum atomic E-state index is 1.04. The SMILES string of the molecule is c1cn2ccc(N3CCCCC3)cc2n1. The second kappa shape index (κ2) is 3.57. The van der Waals surface area contributed by atoms with Gasteiger partial charge < -0.3 is 9.30 Å². The monoisotopic (exact) mass is 201 g/mol. The number of rotatable bonds is 1. The van der Waals surface area contributed by atoms with Crippen LogP contribution in [0, 0.1) is 0 Å². The lowest BCUT2D eigenvalue weighted by Gasteiger charge is -2.28. The van der Waals surface area contributed by atoms with E-state index in [9.17, 15) is 0 Å². The topological polar surface area (TPSA) is 20.5 Å². The Morgan fingerprint density at radius 3 is 2.80 bits per heavy atom. The van der Waals surface area contributed by atoms with E-state index in [1.165, 1.54) is 38.0 Å². The number of hydrogen-bond acceptors (Lipinski definition) is 2. The van der Waals surface area contributed by atoms with Gasteiger partial charge in [-0.05, 0) is 25.3 Å². The third kappa shape index (κ3) is 1.58. The normalized spacial score (nSPS) is 17.2. The number of nitrogens with zero attached hydrogens (tertiary/aromatic N) is 3. The van der Waals surface area contributed by atoms with Crippen LogP contribution in [0.3, 0.4) is 0 Å². The molecule has 1 saturated heterocycles. The van der Waals surface area contributed by atoms with Crippen LogP contribution in [0.15, 0.2) is 30.7 Å². The molecule has 3 heteroatoms. The van der Waals surface area contributed by atoms with Gasteiger partial charge in [0.1, 0.15) is 5.65 Å². The first kappa shape index (κ1) is 8.77. The van der Waals surface area contributed by atoms with E-state index >= 15 is 0 Å². The first-order valence-corrected chi connectivity index (χ1v) is 5.61. The summed E-state index contributed by atoms with van der Waals surface area (Å²) in [5.74, 6) is 0. The van der Waals surface area contributed by atoms with Crippen LogP contribution in [0.2, 0.25) is 0 Å². The summed E-state index contributed by atoms with van der Waals surface area (Å²) in [7, 11) is 0. The maximum absolute atomic E-state index is 4.31. The van der Waals surface area contributed by atoms with Gasteiger partial charge in [-0.15, -0.1) is 0 Å². The van der Waals surface area contributed by atoms with Crippen LogP contribution in [0.4, 0.5) is 5.69 Å². The fraction of sp³-hybridized carbons (Fsp3) is 0.417. The Balaban J connectivity index is 1.95. The highest BCUT2D eigenvalue weighted by molar-refractivity contribution is 5.56. The minimum absolute atomic E-state index is 1.04. The van der Waals surface area contributed by atoms with E-state index < -0.39 is 0 Å². The lowest BCUT2D eigenvalue weighted by Crippen LogP contribution is -2.29. The molecule has 0 aliphatic carbocycles. The third-order valence-corrected chi connectivity index (χ3v) is 3.10. The van der Waals surface area contributed by atoms with Gasteiger partial charge in [0.15, 0.2) is 0 Å². The highest BCUT2D eigenvalue weighted by atomic mass is 15.1. The van der Waals surface area contributed by atoms with Gasteiger partial charge in [-0.2, -0.15) is 0 Å². The molecule has 3 heterocycles. The van der Waals surface area contributed by atoms with Crippen molar-refractivity contribution in [1.82, 2.24) is 9.38 Å². The molecule has 0 aromatic carbocycles. The zero-order valence-electron chi connectivity index (χ0n) is 8.76. The summed E-state index contributed by atoms with van der Waals surface area (Å²) < 4.78 is 2.05. The maximum Gasteiger partial charge on any atom is 0.138 e. The number of pyridine rings is 1. The Morgan fingerprint density at radius 1 is 1.07 bits per heavy atom. The summed E-state index contributed by atoms with van der Waals surface area (Å²) in [6.45, 7) is 2.38. The van der Waals surface area contributed by atoms with Crippen molar-refractivity contribution in [2.24, 2.45) is 0 Å². The molecule has 1 aliphatic rings. The van der Waals surface area contributed by atoms with Crippen molar-refractivity contribution in [3.05, 3.63) is 30.7 Å². The van der Waals surface area contributed by atoms with Gasteiger partial charge in [-0.25, -0.2) is 4.98 Å². The Morgan fingerprint density at radius 2 is 1.93 bits per heavy atom. The molecule has 0 atom stereocenters. The molecule has 0 spiro atoms. The standard InChI is InChI=1S/C12H15N3/c1-2-6-14(7-3-1)11-4-8-15-9-5-13-12(15)10-11/h4-5,8-10H,1-3,6-7H2. The van der Waals surface area contributed by atoms with Crippen molar-refractivity contribution < 1.29 is 0 Å². The van der Waals surface area contributed by atoms with Crippen molar-refractivity contribution in [1.29, 1.82) is 0 Å². The van der Waals surface area contributed by atoms with Gasteiger partial charge in [0.05, 0.1) is 0 Å². The van der Waals surface area contributed by atoms with E-state index in [4.69, 9.17) is 0 Å². The summed E-state index contributed by atoms with van der Waals surface area (Å²) in [6.07, 6.45) is 9.93. The van der Waals surface area contributed by atoms with Crippen molar-refractivity contribution in [3.8, 4) is 0 Å². The Hall–Kier alpha value is -1.51. The summed E-state index contributed by atoms with van der Waals surface area (Å²) in [4.78, 5) is 6.77. The first-order chi connectivity index (χ1) is 7.43. The molecule has 2 aromatic rings. The van der Waals surface area contributed by atoms with Crippen molar-refractivity contribution in [2.75, 3.05) is 18.0 Å². The van der Waals surface area contributed by atoms with E-state index in [-0.39, 0.29) is 0 Å². The van der Waals surface area contributed by atoms with Crippen LogP contribution in [0.25, 0.3) is 5.65 Å². The predicted molar refractivity (Wildman–Crippen MR) is 61.3 cm³/mol. The van der Waals surface area contributed by atoms with Crippen molar-refractivity contribution in [2.45, 2.75) is 19.3 Å². The quantitative estimate of drug-likeness (QED) is 0.706. The van der Waals surface area contributed by atoms with Crippen LogP contribution < -0.4 is 4.90 Å². The van der Waals surface area contributed by atoms with Gasteiger partial charge in [-0.3, -0.25) is 0 Å². The molecule has 1 fully saturated rings. The highest BCUT2D eigenvalue weighted by Gasteiger charge is 2.11. The van der Waals surface area contributed by atoms with E-state index in [0.29, 0.717) is 0 Å². The largest absolute Gasteiger partial charge is 0.371 e. The zero-order chi connectivity index (χ0) is 10.1. The maximum atomic E-state index is 4.31. The van der Waals surface area contributed by atoms with Crippen LogP contribution in [0.1, 0.15) is 19.3 Å². The van der Waals surface area contributed by atoms with Gasteiger partial charge >= 0.3 is 0 Å². The summed E-state index contributed by atoms with van der Waals surface area (Å²) >= 11 is 0.